The SMILES string of the molecule is CC(C)=CCC/C(C)=C/CC(CC(=O)O)C(=O)O.CC(C)=CCC/C(C)=C/COC(=O)CCC(=O)OC/C=C(\C)CCC=C(C)C. The molecule has 0 aliphatic heterocycles. The van der Waals surface area contributed by atoms with Crippen molar-refractivity contribution in [2.24, 2.45) is 5.92 Å². The molecular formula is C38H60O8. The van der Waals surface area contributed by atoms with Gasteiger partial charge >= 0.3 is 23.9 Å². The van der Waals surface area contributed by atoms with E-state index in [0.717, 1.165) is 44.1 Å². The van der Waals surface area contributed by atoms with E-state index in [1.165, 1.54) is 27.9 Å². The van der Waals surface area contributed by atoms with Crippen LogP contribution in [-0.4, -0.2) is 47.3 Å². The molecule has 0 rings (SSSR count). The quantitative estimate of drug-likeness (QED) is 0.0934. The fourth-order valence-electron chi connectivity index (χ4n) is 3.80. The number of hydrogen-bond acceptors (Lipinski definition) is 6. The first-order chi connectivity index (χ1) is 21.5. The number of carbonyl (C=O) groups excluding carboxylic acids is 2. The lowest BCUT2D eigenvalue weighted by Gasteiger charge is -2.07. The second-order valence-corrected chi connectivity index (χ2v) is 12.3. The Morgan fingerprint density at radius 3 is 1.17 bits per heavy atom. The van der Waals surface area contributed by atoms with Gasteiger partial charge in [-0.3, -0.25) is 19.2 Å². The van der Waals surface area contributed by atoms with E-state index in [2.05, 4.69) is 45.9 Å². The minimum Gasteiger partial charge on any atom is -0.481 e. The zero-order chi connectivity index (χ0) is 35.5. The van der Waals surface area contributed by atoms with Crippen LogP contribution in [0.25, 0.3) is 0 Å². The van der Waals surface area contributed by atoms with E-state index in [1.807, 2.05) is 52.8 Å². The zero-order valence-electron chi connectivity index (χ0n) is 29.9. The van der Waals surface area contributed by atoms with E-state index in [0.29, 0.717) is 0 Å². The standard InChI is InChI=1S/C24H38O4.C14H22O4/c1-19(2)9-7-11-21(5)15-17-27-23(25)13-14-24(26)28-18-16-22(6)12-8-10-20(3)4;1-10(2)5-4-6-11(3)7-8-12(14(17)18)9-13(15)16/h9-10,15-16H,7-8,11-14,17-18H2,1-6H3;5,7,12H,4,6,8-9H2,1-3H3,(H,15,16)(H,17,18)/b21-15+,22-16+;11-7+. The van der Waals surface area contributed by atoms with E-state index in [-0.39, 0.29) is 50.8 Å². The Labute approximate surface area is 278 Å². The predicted octanol–water partition coefficient (Wildman–Crippen LogP) is 9.48. The number of carboxylic acids is 2. The van der Waals surface area contributed by atoms with Gasteiger partial charge in [-0.25, -0.2) is 0 Å². The first-order valence-corrected chi connectivity index (χ1v) is 16.2. The molecule has 8 nitrogen and oxygen atoms in total. The highest BCUT2D eigenvalue weighted by molar-refractivity contribution is 5.78. The minimum atomic E-state index is -1.07. The lowest BCUT2D eigenvalue weighted by molar-refractivity contribution is -0.149. The first kappa shape index (κ1) is 44.4. The fourth-order valence-corrected chi connectivity index (χ4v) is 3.80. The maximum atomic E-state index is 11.7. The number of carboxylic acid groups (broad SMARTS) is 2. The second kappa shape index (κ2) is 27.6. The molecule has 0 spiro atoms. The van der Waals surface area contributed by atoms with Crippen LogP contribution in [0.2, 0.25) is 0 Å². The van der Waals surface area contributed by atoms with Crippen molar-refractivity contribution in [1.29, 1.82) is 0 Å². The molecule has 0 aliphatic carbocycles. The van der Waals surface area contributed by atoms with Gasteiger partial charge in [0.2, 0.25) is 0 Å². The van der Waals surface area contributed by atoms with Gasteiger partial charge in [-0.1, -0.05) is 57.7 Å². The van der Waals surface area contributed by atoms with Crippen molar-refractivity contribution in [1.82, 2.24) is 0 Å². The Hall–Kier alpha value is -3.68. The molecular weight excluding hydrogens is 584 g/mol. The molecule has 1 unspecified atom stereocenters. The van der Waals surface area contributed by atoms with Crippen molar-refractivity contribution in [2.75, 3.05) is 13.2 Å². The normalized spacial score (nSPS) is 12.2. The number of ether oxygens (including phenoxy) is 2. The van der Waals surface area contributed by atoms with Gasteiger partial charge in [0.1, 0.15) is 13.2 Å². The monoisotopic (exact) mass is 644 g/mol. The number of allylic oxidation sites excluding steroid dienone is 10. The summed E-state index contributed by atoms with van der Waals surface area (Å²) in [5, 5.41) is 17.5. The van der Waals surface area contributed by atoms with Crippen molar-refractivity contribution < 1.29 is 38.9 Å². The molecule has 0 radical (unpaired) electrons. The van der Waals surface area contributed by atoms with E-state index in [1.54, 1.807) is 0 Å². The number of aliphatic carboxylic acids is 2. The maximum absolute atomic E-state index is 11.7. The summed E-state index contributed by atoms with van der Waals surface area (Å²) in [5.74, 6) is -3.71. The van der Waals surface area contributed by atoms with Crippen LogP contribution in [0.15, 0.2) is 69.9 Å². The van der Waals surface area contributed by atoms with E-state index < -0.39 is 17.9 Å². The Morgan fingerprint density at radius 2 is 0.870 bits per heavy atom. The van der Waals surface area contributed by atoms with Gasteiger partial charge in [0, 0.05) is 0 Å². The van der Waals surface area contributed by atoms with Gasteiger partial charge in [0.05, 0.1) is 25.2 Å². The Morgan fingerprint density at radius 1 is 0.522 bits per heavy atom. The molecule has 0 bridgehead atoms. The van der Waals surface area contributed by atoms with Crippen molar-refractivity contribution in [3.63, 3.8) is 0 Å². The predicted molar refractivity (Wildman–Crippen MR) is 186 cm³/mol. The molecule has 1 atom stereocenters. The van der Waals surface area contributed by atoms with Gasteiger partial charge in [-0.05, 0) is 119 Å². The van der Waals surface area contributed by atoms with Crippen LogP contribution >= 0.6 is 0 Å². The van der Waals surface area contributed by atoms with Crippen LogP contribution in [0.3, 0.4) is 0 Å². The van der Waals surface area contributed by atoms with Crippen molar-refractivity contribution in [3.05, 3.63) is 69.9 Å². The average molecular weight is 645 g/mol. The van der Waals surface area contributed by atoms with E-state index in [4.69, 9.17) is 19.7 Å². The van der Waals surface area contributed by atoms with Crippen LogP contribution in [-0.2, 0) is 28.7 Å². The molecule has 0 aromatic carbocycles. The molecule has 0 heterocycles. The molecule has 0 saturated carbocycles. The molecule has 0 aromatic rings. The third kappa shape index (κ3) is 31.7. The van der Waals surface area contributed by atoms with Crippen LogP contribution in [0.4, 0.5) is 0 Å². The van der Waals surface area contributed by atoms with Gasteiger partial charge in [0.15, 0.2) is 0 Å². The molecule has 0 saturated heterocycles. The maximum Gasteiger partial charge on any atom is 0.307 e. The average Bonchev–Trinajstić information content (AvgIpc) is 2.93. The van der Waals surface area contributed by atoms with Crippen LogP contribution in [0.1, 0.15) is 127 Å². The zero-order valence-corrected chi connectivity index (χ0v) is 29.9. The highest BCUT2D eigenvalue weighted by Gasteiger charge is 2.19. The third-order valence-corrected chi connectivity index (χ3v) is 6.68. The summed E-state index contributed by atoms with van der Waals surface area (Å²) < 4.78 is 10.3. The van der Waals surface area contributed by atoms with Gasteiger partial charge < -0.3 is 19.7 Å². The van der Waals surface area contributed by atoms with Crippen LogP contribution in [0.5, 0.6) is 0 Å². The number of carbonyl (C=O) groups is 4. The molecule has 2 N–H and O–H groups in total. The largest absolute Gasteiger partial charge is 0.481 e. The van der Waals surface area contributed by atoms with Crippen LogP contribution < -0.4 is 0 Å². The first-order valence-electron chi connectivity index (χ1n) is 16.2. The van der Waals surface area contributed by atoms with Gasteiger partial charge in [-0.15, -0.1) is 0 Å². The molecule has 0 amide bonds. The topological polar surface area (TPSA) is 127 Å². The highest BCUT2D eigenvalue weighted by atomic mass is 16.5. The highest BCUT2D eigenvalue weighted by Crippen LogP contribution is 2.14. The summed E-state index contributed by atoms with van der Waals surface area (Å²) >= 11 is 0. The summed E-state index contributed by atoms with van der Waals surface area (Å²) in [6, 6.07) is 0. The molecule has 0 aliphatic rings. The summed E-state index contributed by atoms with van der Waals surface area (Å²) in [6.07, 6.45) is 17.9. The Kier molecular flexibility index (Phi) is 26.7. The minimum absolute atomic E-state index is 0.0484. The smallest absolute Gasteiger partial charge is 0.307 e. The van der Waals surface area contributed by atoms with E-state index in [9.17, 15) is 19.2 Å². The van der Waals surface area contributed by atoms with Gasteiger partial charge in [-0.2, -0.15) is 0 Å². The molecule has 260 valence electrons. The molecule has 8 heteroatoms. The fraction of sp³-hybridized carbons (Fsp3) is 0.579. The van der Waals surface area contributed by atoms with Crippen molar-refractivity contribution in [3.8, 4) is 0 Å². The molecule has 46 heavy (non-hydrogen) atoms. The number of rotatable bonds is 21. The molecule has 0 fully saturated rings. The molecule has 0 aromatic heterocycles. The number of hydrogen-bond donors (Lipinski definition) is 2. The third-order valence-electron chi connectivity index (χ3n) is 6.68. The number of esters is 2. The summed E-state index contributed by atoms with van der Waals surface area (Å²) in [6.45, 7) is 18.9. The van der Waals surface area contributed by atoms with Gasteiger partial charge in [0.25, 0.3) is 0 Å². The summed E-state index contributed by atoms with van der Waals surface area (Å²) in [5.41, 5.74) is 7.36. The Bertz CT molecular complexity index is 1070. The lowest BCUT2D eigenvalue weighted by Crippen LogP contribution is -2.17. The second-order valence-electron chi connectivity index (χ2n) is 12.3. The van der Waals surface area contributed by atoms with Crippen molar-refractivity contribution >= 4 is 23.9 Å². The lowest BCUT2D eigenvalue weighted by atomic mass is 9.99. The van der Waals surface area contributed by atoms with E-state index >= 15 is 0 Å². The van der Waals surface area contributed by atoms with Crippen molar-refractivity contribution in [2.45, 2.75) is 127 Å². The Balaban J connectivity index is 0. The summed E-state index contributed by atoms with van der Waals surface area (Å²) in [4.78, 5) is 44.8. The van der Waals surface area contributed by atoms with Crippen LogP contribution in [0, 0.1) is 5.92 Å². The summed E-state index contributed by atoms with van der Waals surface area (Å²) in [7, 11) is 0.